The van der Waals surface area contributed by atoms with Crippen LogP contribution < -0.4 is 5.32 Å². The minimum Gasteiger partial charge on any atom is -0.380 e. The van der Waals surface area contributed by atoms with Gasteiger partial charge in [-0.05, 0) is 62.2 Å². The molecule has 31 heavy (non-hydrogen) atoms. The number of rotatable bonds is 7. The third-order valence-corrected chi connectivity index (χ3v) is 7.23. The van der Waals surface area contributed by atoms with E-state index in [1.54, 1.807) is 51.1 Å². The van der Waals surface area contributed by atoms with Crippen molar-refractivity contribution in [2.45, 2.75) is 37.9 Å². The molecule has 0 radical (unpaired) electrons. The number of aromatic nitrogens is 3. The van der Waals surface area contributed by atoms with Crippen LogP contribution >= 0.6 is 0 Å². The maximum Gasteiger partial charge on any atom is 0.230 e. The molecule has 0 saturated heterocycles. The largest absolute Gasteiger partial charge is 0.380 e. The summed E-state index contributed by atoms with van der Waals surface area (Å²) in [5.41, 5.74) is 2.57. The molecular weight excluding hydrogens is 419 g/mol. The van der Waals surface area contributed by atoms with E-state index >= 15 is 0 Å². The second kappa shape index (κ2) is 9.07. The van der Waals surface area contributed by atoms with E-state index in [4.69, 9.17) is 4.74 Å². The molecule has 1 N–H and O–H groups in total. The first-order valence-electron chi connectivity index (χ1n) is 9.64. The van der Waals surface area contributed by atoms with Crippen LogP contribution in [0.25, 0.3) is 11.4 Å². The van der Waals surface area contributed by atoms with Crippen LogP contribution in [0.2, 0.25) is 0 Å². The number of sulfone groups is 1. The Morgan fingerprint density at radius 2 is 1.87 bits per heavy atom. The highest BCUT2D eigenvalue weighted by atomic mass is 32.2. The lowest BCUT2D eigenvalue weighted by atomic mass is 10.1. The third kappa shape index (κ3) is 5.62. The van der Waals surface area contributed by atoms with Crippen molar-refractivity contribution in [3.05, 3.63) is 65.7 Å². The van der Waals surface area contributed by atoms with Gasteiger partial charge in [0, 0.05) is 18.4 Å². The molecule has 0 amide bonds. The number of nitrogens with one attached hydrogen (secondary N) is 1. The average molecular weight is 445 g/mol. The highest BCUT2D eigenvalue weighted by molar-refractivity contribution is 7.91. The van der Waals surface area contributed by atoms with Crippen LogP contribution in [0.3, 0.4) is 0 Å². The zero-order valence-corrected chi connectivity index (χ0v) is 18.7. The second-order valence-corrected chi connectivity index (χ2v) is 10.8. The Morgan fingerprint density at radius 1 is 1.10 bits per heavy atom. The normalized spacial score (nSPS) is 12.0. The topological polar surface area (TPSA) is 94.1 Å². The molecule has 3 aromatic rings. The highest BCUT2D eigenvalue weighted by Crippen LogP contribution is 2.25. The van der Waals surface area contributed by atoms with Crippen molar-refractivity contribution in [3.63, 3.8) is 0 Å². The smallest absolute Gasteiger partial charge is 0.230 e. The van der Waals surface area contributed by atoms with Gasteiger partial charge >= 0.3 is 0 Å². The summed E-state index contributed by atoms with van der Waals surface area (Å²) in [6, 6.07) is 11.4. The number of methoxy groups -OCH3 is 1. The lowest BCUT2D eigenvalue weighted by Crippen LogP contribution is -2.29. The van der Waals surface area contributed by atoms with E-state index in [1.807, 2.05) is 0 Å². The van der Waals surface area contributed by atoms with Gasteiger partial charge in [-0.25, -0.2) is 22.8 Å². The first kappa shape index (κ1) is 22.8. The molecule has 7 nitrogen and oxygen atoms in total. The molecule has 0 fully saturated rings. The predicted octanol–water partition coefficient (Wildman–Crippen LogP) is 4.28. The third-order valence-electron chi connectivity index (χ3n) is 4.65. The SMILES string of the molecule is COCc1cc(F)ccc1-c1ncnc(Nc2cccc(CS(=O)(=O)C(C)(C)C)c2)n1. The fraction of sp³-hybridized carbons (Fsp3) is 0.318. The van der Waals surface area contributed by atoms with Gasteiger partial charge in [-0.15, -0.1) is 0 Å². The van der Waals surface area contributed by atoms with E-state index in [-0.39, 0.29) is 24.1 Å². The quantitative estimate of drug-likeness (QED) is 0.581. The van der Waals surface area contributed by atoms with Crippen molar-refractivity contribution in [1.82, 2.24) is 15.0 Å². The summed E-state index contributed by atoms with van der Waals surface area (Å²) in [6.45, 7) is 5.27. The van der Waals surface area contributed by atoms with Crippen molar-refractivity contribution in [2.75, 3.05) is 12.4 Å². The molecule has 1 heterocycles. The van der Waals surface area contributed by atoms with E-state index < -0.39 is 14.6 Å². The summed E-state index contributed by atoms with van der Waals surface area (Å²) < 4.78 is 42.9. The van der Waals surface area contributed by atoms with Gasteiger partial charge in [0.15, 0.2) is 15.7 Å². The van der Waals surface area contributed by atoms with Crippen molar-refractivity contribution < 1.29 is 17.5 Å². The van der Waals surface area contributed by atoms with Gasteiger partial charge in [0.05, 0.1) is 17.1 Å². The van der Waals surface area contributed by atoms with Gasteiger partial charge in [0.1, 0.15) is 12.1 Å². The van der Waals surface area contributed by atoms with Crippen LogP contribution in [0.5, 0.6) is 0 Å². The highest BCUT2D eigenvalue weighted by Gasteiger charge is 2.29. The fourth-order valence-electron chi connectivity index (χ4n) is 2.85. The summed E-state index contributed by atoms with van der Waals surface area (Å²) in [6.07, 6.45) is 1.36. The van der Waals surface area contributed by atoms with E-state index in [9.17, 15) is 12.8 Å². The Morgan fingerprint density at radius 3 is 2.58 bits per heavy atom. The van der Waals surface area contributed by atoms with Crippen LogP contribution in [-0.4, -0.2) is 35.2 Å². The second-order valence-electron chi connectivity index (χ2n) is 8.06. The van der Waals surface area contributed by atoms with Gasteiger partial charge in [0.25, 0.3) is 0 Å². The Bertz CT molecular complexity index is 1180. The minimum atomic E-state index is -3.31. The van der Waals surface area contributed by atoms with Crippen molar-refractivity contribution >= 4 is 21.5 Å². The summed E-state index contributed by atoms with van der Waals surface area (Å²) in [5, 5.41) is 3.08. The van der Waals surface area contributed by atoms with E-state index in [0.717, 1.165) is 0 Å². The van der Waals surface area contributed by atoms with E-state index in [2.05, 4.69) is 20.3 Å². The van der Waals surface area contributed by atoms with Gasteiger partial charge in [-0.2, -0.15) is 4.98 Å². The molecule has 0 saturated carbocycles. The molecule has 1 aromatic heterocycles. The first-order chi connectivity index (χ1) is 14.6. The molecule has 0 aliphatic heterocycles. The van der Waals surface area contributed by atoms with Crippen molar-refractivity contribution in [2.24, 2.45) is 0 Å². The first-order valence-corrected chi connectivity index (χ1v) is 11.3. The summed E-state index contributed by atoms with van der Waals surface area (Å²) in [5.74, 6) is 0.222. The number of ether oxygens (including phenoxy) is 1. The Labute approximate surface area is 181 Å². The van der Waals surface area contributed by atoms with E-state index in [1.165, 1.54) is 25.6 Å². The van der Waals surface area contributed by atoms with Crippen LogP contribution in [-0.2, 0) is 26.9 Å². The number of hydrogen-bond donors (Lipinski definition) is 1. The summed E-state index contributed by atoms with van der Waals surface area (Å²) in [4.78, 5) is 12.8. The zero-order valence-electron chi connectivity index (χ0n) is 17.9. The molecule has 164 valence electrons. The average Bonchev–Trinajstić information content (AvgIpc) is 2.68. The van der Waals surface area contributed by atoms with Gasteiger partial charge in [0.2, 0.25) is 5.95 Å². The monoisotopic (exact) mass is 444 g/mol. The summed E-state index contributed by atoms with van der Waals surface area (Å²) in [7, 11) is -1.78. The van der Waals surface area contributed by atoms with Crippen molar-refractivity contribution in [1.29, 1.82) is 0 Å². The van der Waals surface area contributed by atoms with Crippen LogP contribution in [0.4, 0.5) is 16.0 Å². The lowest BCUT2D eigenvalue weighted by Gasteiger charge is -2.19. The molecule has 9 heteroatoms. The Hall–Kier alpha value is -2.91. The molecule has 0 aliphatic rings. The predicted molar refractivity (Wildman–Crippen MR) is 118 cm³/mol. The lowest BCUT2D eigenvalue weighted by molar-refractivity contribution is 0.185. The maximum atomic E-state index is 13.6. The minimum absolute atomic E-state index is 0.0651. The number of halogens is 1. The van der Waals surface area contributed by atoms with Gasteiger partial charge in [-0.1, -0.05) is 12.1 Å². The number of benzene rings is 2. The molecule has 0 unspecified atom stereocenters. The fourth-order valence-corrected chi connectivity index (χ4v) is 3.90. The molecular formula is C22H25FN4O3S. The van der Waals surface area contributed by atoms with Crippen LogP contribution in [0.15, 0.2) is 48.8 Å². The molecule has 3 rings (SSSR count). The van der Waals surface area contributed by atoms with Gasteiger partial charge < -0.3 is 10.1 Å². The number of hydrogen-bond acceptors (Lipinski definition) is 7. The molecule has 0 aliphatic carbocycles. The summed E-state index contributed by atoms with van der Waals surface area (Å²) >= 11 is 0. The molecule has 2 aromatic carbocycles. The molecule has 0 spiro atoms. The molecule has 0 atom stereocenters. The Kier molecular flexibility index (Phi) is 6.66. The standard InChI is InChI=1S/C22H25FN4O3S/c1-22(2,3)31(28,29)13-15-6-5-7-18(10-15)26-21-25-14-24-20(27-21)19-9-8-17(23)11-16(19)12-30-4/h5-11,14H,12-13H2,1-4H3,(H,24,25,26,27). The zero-order chi connectivity index (χ0) is 22.6. The molecule has 0 bridgehead atoms. The number of anilines is 2. The van der Waals surface area contributed by atoms with E-state index in [0.29, 0.717) is 28.2 Å². The van der Waals surface area contributed by atoms with Crippen molar-refractivity contribution in [3.8, 4) is 11.4 Å². The number of nitrogens with zero attached hydrogens (tertiary/aromatic N) is 3. The Balaban J connectivity index is 1.86. The maximum absolute atomic E-state index is 13.6. The van der Waals surface area contributed by atoms with Gasteiger partial charge in [-0.3, -0.25) is 0 Å². The van der Waals surface area contributed by atoms with Crippen LogP contribution in [0.1, 0.15) is 31.9 Å². The van der Waals surface area contributed by atoms with Crippen LogP contribution in [0, 0.1) is 5.82 Å².